The van der Waals surface area contributed by atoms with Crippen LogP contribution >= 0.6 is 0 Å². The predicted octanol–water partition coefficient (Wildman–Crippen LogP) is 3.98. The number of fused-ring (bicyclic) bond motifs is 1. The molecular formula is C35H35N5O9. The minimum Gasteiger partial charge on any atom is -0.477 e. The summed E-state index contributed by atoms with van der Waals surface area (Å²) in [5, 5.41) is 25.6. The van der Waals surface area contributed by atoms with E-state index < -0.39 is 28.2 Å². The Balaban J connectivity index is 1.08. The average Bonchev–Trinajstić information content (AvgIpc) is 4.00. The lowest BCUT2D eigenvalue weighted by atomic mass is 10.1. The molecular weight excluding hydrogens is 634 g/mol. The number of benzene rings is 3. The Morgan fingerprint density at radius 2 is 1.61 bits per heavy atom. The molecule has 3 aromatic carbocycles. The third kappa shape index (κ3) is 8.27. The molecule has 14 nitrogen and oxygen atoms in total. The number of carboxylic acids is 1. The molecule has 0 bridgehead atoms. The van der Waals surface area contributed by atoms with Crippen molar-refractivity contribution in [2.75, 3.05) is 44.7 Å². The summed E-state index contributed by atoms with van der Waals surface area (Å²) in [5.41, 5.74) is 0.802. The quantitative estimate of drug-likeness (QED) is 0.159. The number of nitro groups is 1. The molecule has 3 aromatic rings. The highest BCUT2D eigenvalue weighted by atomic mass is 16.6. The summed E-state index contributed by atoms with van der Waals surface area (Å²) in [5.74, 6) is -1.41. The molecule has 2 fully saturated rings. The molecule has 14 heteroatoms. The summed E-state index contributed by atoms with van der Waals surface area (Å²) in [4.78, 5) is 75.7. The van der Waals surface area contributed by atoms with Crippen molar-refractivity contribution in [1.29, 1.82) is 0 Å². The third-order valence-corrected chi connectivity index (χ3v) is 8.62. The minimum absolute atomic E-state index is 0.0507. The van der Waals surface area contributed by atoms with Crippen LogP contribution in [0.25, 0.3) is 6.08 Å². The van der Waals surface area contributed by atoms with Crippen LogP contribution in [-0.2, 0) is 9.53 Å². The molecule has 2 saturated carbocycles. The number of carboxylic acid groups (broad SMARTS) is 1. The minimum atomic E-state index is -1.44. The molecule has 0 atom stereocenters. The summed E-state index contributed by atoms with van der Waals surface area (Å²) in [6.45, 7) is 0.300. The highest BCUT2D eigenvalue weighted by Crippen LogP contribution is 2.76. The van der Waals surface area contributed by atoms with Gasteiger partial charge in [-0.1, -0.05) is 24.3 Å². The Bertz CT molecular complexity index is 1790. The lowest BCUT2D eigenvalue weighted by Crippen LogP contribution is -2.42. The van der Waals surface area contributed by atoms with E-state index in [2.05, 4.69) is 10.6 Å². The van der Waals surface area contributed by atoms with E-state index in [4.69, 9.17) is 4.74 Å². The van der Waals surface area contributed by atoms with Gasteiger partial charge < -0.3 is 30.3 Å². The van der Waals surface area contributed by atoms with Gasteiger partial charge in [0.1, 0.15) is 12.2 Å². The highest BCUT2D eigenvalue weighted by molar-refractivity contribution is 6.02. The number of anilines is 1. The Kier molecular flexibility index (Phi) is 10.4. The van der Waals surface area contributed by atoms with E-state index in [9.17, 15) is 39.2 Å². The van der Waals surface area contributed by atoms with Gasteiger partial charge in [-0.25, -0.2) is 9.59 Å². The van der Waals surface area contributed by atoms with Crippen molar-refractivity contribution >= 4 is 47.2 Å². The fourth-order valence-corrected chi connectivity index (χ4v) is 5.46. The number of nitrogens with one attached hydrogen (secondary N) is 2. The predicted molar refractivity (Wildman–Crippen MR) is 178 cm³/mol. The number of hydrogen-bond donors (Lipinski definition) is 3. The molecule has 2 aliphatic carbocycles. The number of ether oxygens (including phenoxy) is 1. The lowest BCUT2D eigenvalue weighted by molar-refractivity contribution is -0.385. The Morgan fingerprint density at radius 1 is 0.959 bits per heavy atom. The van der Waals surface area contributed by atoms with Crippen molar-refractivity contribution in [2.24, 2.45) is 11.3 Å². The molecule has 4 amide bonds. The van der Waals surface area contributed by atoms with Crippen LogP contribution in [0.3, 0.4) is 0 Å². The maximum Gasteiger partial charge on any atom is 0.407 e. The Morgan fingerprint density at radius 3 is 2.22 bits per heavy atom. The van der Waals surface area contributed by atoms with E-state index in [-0.39, 0.29) is 55.9 Å². The van der Waals surface area contributed by atoms with E-state index >= 15 is 0 Å². The number of carbonyl (C=O) groups excluding carboxylic acids is 4. The van der Waals surface area contributed by atoms with Gasteiger partial charge in [-0.15, -0.1) is 0 Å². The van der Waals surface area contributed by atoms with Crippen molar-refractivity contribution in [3.05, 3.63) is 111 Å². The molecule has 0 aliphatic heterocycles. The number of nitro benzene ring substituents is 1. The first kappa shape index (κ1) is 34.3. The SMILES string of the molecule is CN(C(=O)C12CC1C2)c1ccc(C(=O)NCCN(CCNC(=O)OC/C=C/c2ccc([N+](=O)[O-])c(C(=O)O)c2)C(=O)c2ccccc2)cc1. The monoisotopic (exact) mass is 669 g/mol. The molecule has 254 valence electrons. The highest BCUT2D eigenvalue weighted by Gasteiger charge is 2.75. The first-order chi connectivity index (χ1) is 23.5. The molecule has 49 heavy (non-hydrogen) atoms. The van der Waals surface area contributed by atoms with Crippen molar-refractivity contribution in [3.8, 4) is 0 Å². The van der Waals surface area contributed by atoms with Crippen LogP contribution in [0.5, 0.6) is 0 Å². The van der Waals surface area contributed by atoms with Gasteiger partial charge >= 0.3 is 12.1 Å². The second kappa shape index (κ2) is 14.8. The maximum atomic E-state index is 13.2. The normalized spacial score (nSPS) is 17.0. The van der Waals surface area contributed by atoms with Crippen LogP contribution in [0.4, 0.5) is 16.2 Å². The summed E-state index contributed by atoms with van der Waals surface area (Å²) < 4.78 is 5.11. The summed E-state index contributed by atoms with van der Waals surface area (Å²) in [6, 6.07) is 19.0. The van der Waals surface area contributed by atoms with Gasteiger partial charge in [0.25, 0.3) is 17.5 Å². The molecule has 3 N–H and O–H groups in total. The smallest absolute Gasteiger partial charge is 0.407 e. The number of alkyl carbamates (subject to hydrolysis) is 1. The molecule has 0 saturated heterocycles. The van der Waals surface area contributed by atoms with Crippen LogP contribution < -0.4 is 15.5 Å². The number of amides is 4. The molecule has 5 rings (SSSR count). The molecule has 0 aromatic heterocycles. The van der Waals surface area contributed by atoms with Crippen molar-refractivity contribution in [3.63, 3.8) is 0 Å². The zero-order chi connectivity index (χ0) is 35.1. The fourth-order valence-electron chi connectivity index (χ4n) is 5.46. The molecule has 0 heterocycles. The number of rotatable bonds is 15. The molecule has 0 unspecified atom stereocenters. The van der Waals surface area contributed by atoms with Crippen molar-refractivity contribution < 1.29 is 38.7 Å². The number of nitrogens with zero attached hydrogens (tertiary/aromatic N) is 3. The van der Waals surface area contributed by atoms with Crippen molar-refractivity contribution in [1.82, 2.24) is 15.5 Å². The van der Waals surface area contributed by atoms with Gasteiger partial charge in [-0.2, -0.15) is 0 Å². The number of hydrogen-bond acceptors (Lipinski definition) is 8. The summed E-state index contributed by atoms with van der Waals surface area (Å²) in [6.07, 6.45) is 4.07. The lowest BCUT2D eigenvalue weighted by Gasteiger charge is -2.23. The zero-order valence-electron chi connectivity index (χ0n) is 26.7. The first-order valence-corrected chi connectivity index (χ1v) is 15.6. The van der Waals surface area contributed by atoms with Crippen molar-refractivity contribution in [2.45, 2.75) is 12.8 Å². The average molecular weight is 670 g/mol. The zero-order valence-corrected chi connectivity index (χ0v) is 26.7. The summed E-state index contributed by atoms with van der Waals surface area (Å²) >= 11 is 0. The standard InChI is InChI=1S/C35H35N5O9/c1-38(33(45)35-21-26(35)22-35)27-12-10-24(11-13-27)30(41)36-15-17-39(31(42)25-7-3-2-4-8-25)18-16-37-34(46)49-19-5-6-23-9-14-29(40(47)48)28(20-23)32(43)44/h2-14,20,26H,15-19,21-22H2,1H3,(H,36,41)(H,37,46)(H,43,44)/b6-5+. The van der Waals surface area contributed by atoms with E-state index in [1.165, 1.54) is 23.1 Å². The van der Waals surface area contributed by atoms with Crippen LogP contribution in [-0.4, -0.2) is 84.5 Å². The van der Waals surface area contributed by atoms with Gasteiger partial charge in [0, 0.05) is 56.1 Å². The summed E-state index contributed by atoms with van der Waals surface area (Å²) in [7, 11) is 1.74. The topological polar surface area (TPSA) is 188 Å². The second-order valence-electron chi connectivity index (χ2n) is 11.9. The Labute approximate surface area is 281 Å². The fraction of sp³-hybridized carbons (Fsp3) is 0.286. The van der Waals surface area contributed by atoms with E-state index in [1.807, 2.05) is 0 Å². The van der Waals surface area contributed by atoms with E-state index in [1.54, 1.807) is 66.5 Å². The van der Waals surface area contributed by atoms with Crippen LogP contribution in [0, 0.1) is 21.4 Å². The van der Waals surface area contributed by atoms with E-state index in [0.717, 1.165) is 25.0 Å². The van der Waals surface area contributed by atoms with Gasteiger partial charge in [-0.3, -0.25) is 24.5 Å². The van der Waals surface area contributed by atoms with E-state index in [0.29, 0.717) is 28.3 Å². The Hall–Kier alpha value is -6.05. The number of carbonyl (C=O) groups is 5. The van der Waals surface area contributed by atoms with Crippen LogP contribution in [0.15, 0.2) is 78.9 Å². The maximum absolute atomic E-state index is 13.2. The van der Waals surface area contributed by atoms with Gasteiger partial charge in [0.2, 0.25) is 5.91 Å². The number of aromatic carboxylic acids is 1. The van der Waals surface area contributed by atoms with Gasteiger partial charge in [0.05, 0.1) is 10.3 Å². The molecule has 0 radical (unpaired) electrons. The third-order valence-electron chi connectivity index (χ3n) is 8.62. The van der Waals surface area contributed by atoms with Gasteiger partial charge in [0.15, 0.2) is 0 Å². The second-order valence-corrected chi connectivity index (χ2v) is 11.9. The van der Waals surface area contributed by atoms with Crippen LogP contribution in [0.2, 0.25) is 0 Å². The molecule has 2 aliphatic rings. The largest absolute Gasteiger partial charge is 0.477 e. The van der Waals surface area contributed by atoms with Crippen LogP contribution in [0.1, 0.15) is 49.5 Å². The first-order valence-electron chi connectivity index (χ1n) is 15.6. The van der Waals surface area contributed by atoms with Gasteiger partial charge in [-0.05, 0) is 78.9 Å². The molecule has 0 spiro atoms.